The fraction of sp³-hybridized carbons (Fsp3) is 0.292. The van der Waals surface area contributed by atoms with Gasteiger partial charge in [0.1, 0.15) is 28.5 Å². The molecule has 0 amide bonds. The molecular weight excluding hydrogens is 408 g/mol. The topological polar surface area (TPSA) is 60.4 Å². The molecule has 0 aliphatic carbocycles. The second-order valence-corrected chi connectivity index (χ2v) is 8.57. The van der Waals surface area contributed by atoms with Crippen LogP contribution in [0.1, 0.15) is 24.3 Å². The summed E-state index contributed by atoms with van der Waals surface area (Å²) in [5.74, 6) is 2.24. The maximum Gasteiger partial charge on any atom is 0.281 e. The summed E-state index contributed by atoms with van der Waals surface area (Å²) in [6.07, 6.45) is 7.93. The van der Waals surface area contributed by atoms with E-state index in [-0.39, 0.29) is 0 Å². The number of nitrogens with zero attached hydrogens (tertiary/aromatic N) is 4. The van der Waals surface area contributed by atoms with Gasteiger partial charge in [-0.15, -0.1) is 0 Å². The van der Waals surface area contributed by atoms with E-state index in [0.29, 0.717) is 17.7 Å². The molecule has 1 aliphatic heterocycles. The van der Waals surface area contributed by atoms with Crippen LogP contribution in [0.4, 0.5) is 0 Å². The first-order valence-electron chi connectivity index (χ1n) is 10.6. The van der Waals surface area contributed by atoms with Crippen LogP contribution in [0.25, 0.3) is 10.3 Å². The van der Waals surface area contributed by atoms with E-state index in [4.69, 9.17) is 9.47 Å². The van der Waals surface area contributed by atoms with Crippen LogP contribution in [0.2, 0.25) is 0 Å². The molecule has 0 radical (unpaired) electrons. The molecule has 4 aromatic rings. The smallest absolute Gasteiger partial charge is 0.281 e. The van der Waals surface area contributed by atoms with Gasteiger partial charge >= 0.3 is 0 Å². The predicted molar refractivity (Wildman–Crippen MR) is 122 cm³/mol. The van der Waals surface area contributed by atoms with Gasteiger partial charge in [-0.1, -0.05) is 11.3 Å². The molecule has 1 saturated heterocycles. The van der Waals surface area contributed by atoms with Gasteiger partial charge < -0.3 is 9.47 Å². The van der Waals surface area contributed by atoms with Gasteiger partial charge in [-0.25, -0.2) is 9.97 Å². The van der Waals surface area contributed by atoms with Crippen molar-refractivity contribution in [3.8, 4) is 16.7 Å². The van der Waals surface area contributed by atoms with Gasteiger partial charge in [0.15, 0.2) is 0 Å². The molecule has 1 aliphatic rings. The number of likely N-dealkylation sites (tertiary alicyclic amines) is 1. The Balaban J connectivity index is 1.07. The third-order valence-electron chi connectivity index (χ3n) is 5.62. The van der Waals surface area contributed by atoms with Gasteiger partial charge in [0.2, 0.25) is 0 Å². The highest BCUT2D eigenvalue weighted by Gasteiger charge is 2.20. The second-order valence-electron chi connectivity index (χ2n) is 7.63. The molecule has 0 bridgehead atoms. The predicted octanol–water partition coefficient (Wildman–Crippen LogP) is 5.14. The molecule has 1 aromatic carbocycles. The van der Waals surface area contributed by atoms with Crippen molar-refractivity contribution in [2.24, 2.45) is 0 Å². The molecule has 0 spiro atoms. The molecule has 0 N–H and O–H groups in total. The summed E-state index contributed by atoms with van der Waals surface area (Å²) in [5, 5.41) is 0.595. The lowest BCUT2D eigenvalue weighted by Crippen LogP contribution is -2.35. The molecule has 158 valence electrons. The second kappa shape index (κ2) is 9.41. The van der Waals surface area contributed by atoms with Crippen molar-refractivity contribution in [2.45, 2.75) is 18.8 Å². The standard InChI is InChI=1S/C24H24N4O2S/c1-2-22-23(26-11-1)31-24(27-22)30-21-5-3-20(4-6-21)29-17-16-28-14-9-19(10-15-28)18-7-12-25-13-8-18/h1-8,11-13,19H,9-10,14-17H2. The Bertz CT molecular complexity index is 1080. The summed E-state index contributed by atoms with van der Waals surface area (Å²) in [7, 11) is 0. The van der Waals surface area contributed by atoms with Gasteiger partial charge in [0, 0.05) is 25.1 Å². The van der Waals surface area contributed by atoms with Gasteiger partial charge in [-0.05, 0) is 85.9 Å². The number of hydrogen-bond donors (Lipinski definition) is 0. The molecule has 5 rings (SSSR count). The van der Waals surface area contributed by atoms with Crippen LogP contribution in [0.15, 0.2) is 67.1 Å². The molecule has 0 atom stereocenters. The number of fused-ring (bicyclic) bond motifs is 1. The Labute approximate surface area is 185 Å². The third kappa shape index (κ3) is 5.00. The van der Waals surface area contributed by atoms with Crippen molar-refractivity contribution < 1.29 is 9.47 Å². The van der Waals surface area contributed by atoms with E-state index < -0.39 is 0 Å². The first kappa shape index (κ1) is 19.9. The Kier molecular flexibility index (Phi) is 6.04. The Morgan fingerprint density at radius 3 is 2.48 bits per heavy atom. The zero-order valence-electron chi connectivity index (χ0n) is 17.2. The average Bonchev–Trinajstić information content (AvgIpc) is 3.24. The lowest BCUT2D eigenvalue weighted by atomic mass is 9.90. The van der Waals surface area contributed by atoms with E-state index in [1.54, 1.807) is 6.20 Å². The van der Waals surface area contributed by atoms with Crippen LogP contribution < -0.4 is 9.47 Å². The molecule has 6 nitrogen and oxygen atoms in total. The van der Waals surface area contributed by atoms with Crippen molar-refractivity contribution >= 4 is 21.7 Å². The van der Waals surface area contributed by atoms with Crippen LogP contribution in [0, 0.1) is 0 Å². The van der Waals surface area contributed by atoms with E-state index in [2.05, 4.69) is 32.0 Å². The van der Waals surface area contributed by atoms with Crippen molar-refractivity contribution in [3.05, 3.63) is 72.7 Å². The SMILES string of the molecule is c1cnc2sc(Oc3ccc(OCCN4CCC(c5ccncc5)CC4)cc3)nc2c1. The van der Waals surface area contributed by atoms with Crippen LogP contribution in [0.3, 0.4) is 0 Å². The fourth-order valence-electron chi connectivity index (χ4n) is 3.92. The molecule has 4 heterocycles. The van der Waals surface area contributed by atoms with Crippen LogP contribution >= 0.6 is 11.3 Å². The molecule has 1 fully saturated rings. The minimum Gasteiger partial charge on any atom is -0.492 e. The number of ether oxygens (including phenoxy) is 2. The Morgan fingerprint density at radius 1 is 0.935 bits per heavy atom. The number of thiazole rings is 1. The van der Waals surface area contributed by atoms with Crippen LogP contribution in [-0.2, 0) is 0 Å². The summed E-state index contributed by atoms with van der Waals surface area (Å²) in [6, 6.07) is 15.8. The van der Waals surface area contributed by atoms with Crippen molar-refractivity contribution in [1.82, 2.24) is 19.9 Å². The molecule has 0 unspecified atom stereocenters. The molecule has 0 saturated carbocycles. The average molecular weight is 433 g/mol. The first-order valence-corrected chi connectivity index (χ1v) is 11.4. The summed E-state index contributed by atoms with van der Waals surface area (Å²) < 4.78 is 11.8. The number of piperidine rings is 1. The number of hydrogen-bond acceptors (Lipinski definition) is 7. The summed E-state index contributed by atoms with van der Waals surface area (Å²) in [5.41, 5.74) is 2.27. The Morgan fingerprint density at radius 2 is 1.71 bits per heavy atom. The molecular formula is C24H24N4O2S. The highest BCUT2D eigenvalue weighted by molar-refractivity contribution is 7.19. The zero-order chi connectivity index (χ0) is 20.9. The Hall–Kier alpha value is -3.03. The molecule has 31 heavy (non-hydrogen) atoms. The van der Waals surface area contributed by atoms with Crippen molar-refractivity contribution in [1.29, 1.82) is 0 Å². The van der Waals surface area contributed by atoms with E-state index in [1.165, 1.54) is 29.7 Å². The van der Waals surface area contributed by atoms with Gasteiger partial charge in [-0.3, -0.25) is 9.88 Å². The van der Waals surface area contributed by atoms with E-state index in [1.807, 2.05) is 48.8 Å². The minimum atomic E-state index is 0.595. The fourth-order valence-corrected chi connectivity index (χ4v) is 4.70. The third-order valence-corrected chi connectivity index (χ3v) is 6.47. The molecule has 7 heteroatoms. The van der Waals surface area contributed by atoms with E-state index in [0.717, 1.165) is 41.5 Å². The van der Waals surface area contributed by atoms with Crippen LogP contribution in [-0.4, -0.2) is 46.1 Å². The maximum absolute atomic E-state index is 5.94. The van der Waals surface area contributed by atoms with Crippen molar-refractivity contribution in [3.63, 3.8) is 0 Å². The number of pyridine rings is 2. The monoisotopic (exact) mass is 432 g/mol. The minimum absolute atomic E-state index is 0.595. The summed E-state index contributed by atoms with van der Waals surface area (Å²) >= 11 is 1.44. The highest BCUT2D eigenvalue weighted by atomic mass is 32.1. The van der Waals surface area contributed by atoms with Crippen molar-refractivity contribution in [2.75, 3.05) is 26.2 Å². The number of benzene rings is 1. The summed E-state index contributed by atoms with van der Waals surface area (Å²) in [6.45, 7) is 3.85. The van der Waals surface area contributed by atoms with E-state index in [9.17, 15) is 0 Å². The normalized spacial score (nSPS) is 15.2. The lowest BCUT2D eigenvalue weighted by molar-refractivity contribution is 0.173. The first-order chi connectivity index (χ1) is 15.3. The molecule has 3 aromatic heterocycles. The number of aromatic nitrogens is 3. The maximum atomic E-state index is 5.94. The number of rotatable bonds is 7. The largest absolute Gasteiger partial charge is 0.492 e. The van der Waals surface area contributed by atoms with Gasteiger partial charge in [-0.2, -0.15) is 0 Å². The van der Waals surface area contributed by atoms with Gasteiger partial charge in [0.25, 0.3) is 5.19 Å². The van der Waals surface area contributed by atoms with Crippen LogP contribution in [0.5, 0.6) is 16.7 Å². The lowest BCUT2D eigenvalue weighted by Gasteiger charge is -2.32. The zero-order valence-corrected chi connectivity index (χ0v) is 18.0. The summed E-state index contributed by atoms with van der Waals surface area (Å²) in [4.78, 5) is 16.2. The van der Waals surface area contributed by atoms with Gasteiger partial charge in [0.05, 0.1) is 0 Å². The highest BCUT2D eigenvalue weighted by Crippen LogP contribution is 2.31. The van der Waals surface area contributed by atoms with E-state index >= 15 is 0 Å². The quantitative estimate of drug-likeness (QED) is 0.403.